The van der Waals surface area contributed by atoms with Crippen LogP contribution >= 0.6 is 43.2 Å². The highest BCUT2D eigenvalue weighted by Crippen LogP contribution is 2.38. The average Bonchev–Trinajstić information content (AvgIpc) is 2.31. The van der Waals surface area contributed by atoms with Gasteiger partial charge < -0.3 is 5.11 Å². The highest BCUT2D eigenvalue weighted by atomic mass is 79.9. The third-order valence-electron chi connectivity index (χ3n) is 1.71. The second kappa shape index (κ2) is 4.91. The lowest BCUT2D eigenvalue weighted by Gasteiger charge is -2.11. The topological polar surface area (TPSA) is 20.2 Å². The van der Waals surface area contributed by atoms with Crippen molar-refractivity contribution in [2.75, 3.05) is 0 Å². The molecule has 0 spiro atoms. The van der Waals surface area contributed by atoms with Crippen molar-refractivity contribution in [2.24, 2.45) is 5.92 Å². The van der Waals surface area contributed by atoms with E-state index in [2.05, 4.69) is 45.7 Å². The van der Waals surface area contributed by atoms with Gasteiger partial charge in [-0.05, 0) is 44.2 Å². The third-order valence-corrected chi connectivity index (χ3v) is 5.37. The van der Waals surface area contributed by atoms with Crippen molar-refractivity contribution in [3.8, 4) is 0 Å². The first-order valence-electron chi connectivity index (χ1n) is 4.12. The summed E-state index contributed by atoms with van der Waals surface area (Å²) in [5.41, 5.74) is 0. The van der Waals surface area contributed by atoms with Crippen molar-refractivity contribution in [1.82, 2.24) is 0 Å². The number of rotatable bonds is 3. The molecule has 74 valence electrons. The summed E-state index contributed by atoms with van der Waals surface area (Å²) in [6.45, 7) is 4.22. The fourth-order valence-corrected chi connectivity index (χ4v) is 3.37. The second-order valence-corrected chi connectivity index (χ2v) is 5.97. The van der Waals surface area contributed by atoms with Crippen molar-refractivity contribution in [3.05, 3.63) is 19.2 Å². The predicted molar refractivity (Wildman–Crippen MR) is 64.1 cm³/mol. The Balaban J connectivity index is 2.76. The second-order valence-electron chi connectivity index (χ2n) is 3.41. The van der Waals surface area contributed by atoms with Gasteiger partial charge in [0.05, 0.1) is 6.10 Å². The van der Waals surface area contributed by atoms with Gasteiger partial charge in [-0.3, -0.25) is 0 Å². The molecule has 1 aromatic heterocycles. The summed E-state index contributed by atoms with van der Waals surface area (Å²) >= 11 is 8.43. The number of hydrogen-bond acceptors (Lipinski definition) is 2. The molecule has 1 atom stereocenters. The molecule has 1 aromatic rings. The quantitative estimate of drug-likeness (QED) is 0.874. The summed E-state index contributed by atoms with van der Waals surface area (Å²) in [5.74, 6) is 0.516. The summed E-state index contributed by atoms with van der Waals surface area (Å²) < 4.78 is 2.01. The van der Waals surface area contributed by atoms with Crippen LogP contribution in [0.15, 0.2) is 14.3 Å². The van der Waals surface area contributed by atoms with Crippen molar-refractivity contribution < 1.29 is 5.11 Å². The van der Waals surface area contributed by atoms with Gasteiger partial charge in [0.1, 0.15) is 0 Å². The molecular formula is C9H12Br2OS. The Kier molecular flexibility index (Phi) is 4.42. The molecule has 0 amide bonds. The minimum Gasteiger partial charge on any atom is -0.388 e. The van der Waals surface area contributed by atoms with Crippen LogP contribution in [0.5, 0.6) is 0 Å². The van der Waals surface area contributed by atoms with Crippen LogP contribution in [0.25, 0.3) is 0 Å². The van der Waals surface area contributed by atoms with E-state index in [1.165, 1.54) is 0 Å². The Labute approximate surface area is 99.4 Å². The van der Waals surface area contributed by atoms with Gasteiger partial charge in [-0.25, -0.2) is 0 Å². The minimum absolute atomic E-state index is 0.342. The molecule has 0 aliphatic rings. The molecule has 1 heterocycles. The molecule has 0 unspecified atom stereocenters. The summed E-state index contributed by atoms with van der Waals surface area (Å²) in [5, 5.41) is 11.8. The highest BCUT2D eigenvalue weighted by molar-refractivity contribution is 9.13. The van der Waals surface area contributed by atoms with Crippen LogP contribution < -0.4 is 0 Å². The van der Waals surface area contributed by atoms with Crippen LogP contribution in [-0.4, -0.2) is 5.11 Å². The molecule has 0 bridgehead atoms. The zero-order valence-corrected chi connectivity index (χ0v) is 11.5. The van der Waals surface area contributed by atoms with E-state index in [0.717, 1.165) is 20.2 Å². The van der Waals surface area contributed by atoms with Crippen LogP contribution in [0.3, 0.4) is 0 Å². The molecule has 1 nitrogen and oxygen atoms in total. The van der Waals surface area contributed by atoms with E-state index in [1.807, 2.05) is 5.38 Å². The van der Waals surface area contributed by atoms with E-state index in [1.54, 1.807) is 11.3 Å². The normalized spacial score (nSPS) is 13.7. The first-order chi connectivity index (χ1) is 6.02. The molecule has 1 N–H and O–H groups in total. The first kappa shape index (κ1) is 11.7. The van der Waals surface area contributed by atoms with Gasteiger partial charge in [-0.15, -0.1) is 11.3 Å². The van der Waals surface area contributed by atoms with Crippen LogP contribution in [-0.2, 0) is 0 Å². The average molecular weight is 328 g/mol. The Hall–Kier alpha value is 0.620. The van der Waals surface area contributed by atoms with Gasteiger partial charge in [0.25, 0.3) is 0 Å². The largest absolute Gasteiger partial charge is 0.388 e. The molecule has 0 aliphatic heterocycles. The number of halogens is 2. The lowest BCUT2D eigenvalue weighted by atomic mass is 10.1. The van der Waals surface area contributed by atoms with Gasteiger partial charge >= 0.3 is 0 Å². The van der Waals surface area contributed by atoms with Crippen molar-refractivity contribution in [2.45, 2.75) is 26.4 Å². The maximum atomic E-state index is 9.84. The highest BCUT2D eigenvalue weighted by Gasteiger charge is 2.16. The van der Waals surface area contributed by atoms with Crippen molar-refractivity contribution in [3.63, 3.8) is 0 Å². The van der Waals surface area contributed by atoms with Gasteiger partial charge in [-0.2, -0.15) is 0 Å². The molecule has 13 heavy (non-hydrogen) atoms. The maximum Gasteiger partial charge on any atom is 0.0896 e. The predicted octanol–water partition coefficient (Wildman–Crippen LogP) is 4.35. The van der Waals surface area contributed by atoms with Crippen LogP contribution in [0.2, 0.25) is 0 Å². The number of thiophene rings is 1. The molecule has 0 saturated carbocycles. The van der Waals surface area contributed by atoms with Gasteiger partial charge in [0.15, 0.2) is 0 Å². The van der Waals surface area contributed by atoms with E-state index < -0.39 is 0 Å². The summed E-state index contributed by atoms with van der Waals surface area (Å²) in [7, 11) is 0. The van der Waals surface area contributed by atoms with E-state index in [-0.39, 0.29) is 6.10 Å². The van der Waals surface area contributed by atoms with Crippen LogP contribution in [0.4, 0.5) is 0 Å². The zero-order valence-electron chi connectivity index (χ0n) is 7.55. The number of hydrogen-bond donors (Lipinski definition) is 1. The number of aliphatic hydroxyl groups excluding tert-OH is 1. The van der Waals surface area contributed by atoms with E-state index in [9.17, 15) is 5.11 Å². The smallest absolute Gasteiger partial charge is 0.0896 e. The van der Waals surface area contributed by atoms with E-state index in [0.29, 0.717) is 5.92 Å². The number of aliphatic hydroxyl groups is 1. The summed E-state index contributed by atoms with van der Waals surface area (Å²) in [6, 6.07) is 0. The Morgan fingerprint density at radius 1 is 1.46 bits per heavy atom. The molecule has 4 heteroatoms. The zero-order chi connectivity index (χ0) is 10.0. The molecular weight excluding hydrogens is 316 g/mol. The standard InChI is InChI=1S/C9H12Br2OS/c1-5(2)3-7(12)9-8(11)6(10)4-13-9/h4-5,7,12H,3H2,1-2H3/t7-/m0/s1. The fraction of sp³-hybridized carbons (Fsp3) is 0.556. The van der Waals surface area contributed by atoms with Crippen molar-refractivity contribution in [1.29, 1.82) is 0 Å². The molecule has 0 saturated heterocycles. The molecule has 0 fully saturated rings. The van der Waals surface area contributed by atoms with Crippen molar-refractivity contribution >= 4 is 43.2 Å². The Morgan fingerprint density at radius 3 is 2.46 bits per heavy atom. The lowest BCUT2D eigenvalue weighted by Crippen LogP contribution is -2.00. The van der Waals surface area contributed by atoms with E-state index >= 15 is 0 Å². The Bertz CT molecular complexity index is 283. The van der Waals surface area contributed by atoms with Gasteiger partial charge in [0.2, 0.25) is 0 Å². The molecule has 0 aromatic carbocycles. The maximum absolute atomic E-state index is 9.84. The van der Waals surface area contributed by atoms with Gasteiger partial charge in [0, 0.05) is 19.2 Å². The molecule has 0 aliphatic carbocycles. The van der Waals surface area contributed by atoms with E-state index in [4.69, 9.17) is 0 Å². The third kappa shape index (κ3) is 3.05. The van der Waals surface area contributed by atoms with Crippen LogP contribution in [0.1, 0.15) is 31.2 Å². The SMILES string of the molecule is CC(C)C[C@H](O)c1scc(Br)c1Br. The Morgan fingerprint density at radius 2 is 2.08 bits per heavy atom. The lowest BCUT2D eigenvalue weighted by molar-refractivity contribution is 0.154. The monoisotopic (exact) mass is 326 g/mol. The van der Waals surface area contributed by atoms with Gasteiger partial charge in [-0.1, -0.05) is 13.8 Å². The first-order valence-corrected chi connectivity index (χ1v) is 6.59. The summed E-state index contributed by atoms with van der Waals surface area (Å²) in [6.07, 6.45) is 0.469. The fourth-order valence-electron chi connectivity index (χ4n) is 1.11. The van der Waals surface area contributed by atoms with Crippen LogP contribution in [0, 0.1) is 5.92 Å². The minimum atomic E-state index is -0.342. The summed E-state index contributed by atoms with van der Waals surface area (Å²) in [4.78, 5) is 1.01. The molecule has 1 rings (SSSR count). The molecule has 0 radical (unpaired) electrons.